The van der Waals surface area contributed by atoms with E-state index in [9.17, 15) is 9.59 Å². The predicted octanol–water partition coefficient (Wildman–Crippen LogP) is 5.85. The van der Waals surface area contributed by atoms with E-state index in [0.717, 1.165) is 19.3 Å². The van der Waals surface area contributed by atoms with Gasteiger partial charge < -0.3 is 15.4 Å². The number of para-hydroxylation sites is 1. The molecular formula is C26H27BrN2O3. The Labute approximate surface area is 197 Å². The van der Waals surface area contributed by atoms with Crippen LogP contribution >= 0.6 is 15.9 Å². The van der Waals surface area contributed by atoms with E-state index in [2.05, 4.69) is 45.6 Å². The lowest BCUT2D eigenvalue weighted by molar-refractivity contribution is 0.0954. The normalized spacial score (nSPS) is 10.4. The minimum absolute atomic E-state index is 0.197. The van der Waals surface area contributed by atoms with Gasteiger partial charge in [-0.15, -0.1) is 0 Å². The quantitative estimate of drug-likeness (QED) is 0.347. The number of hydrogen-bond acceptors (Lipinski definition) is 3. The van der Waals surface area contributed by atoms with E-state index >= 15 is 0 Å². The van der Waals surface area contributed by atoms with Gasteiger partial charge in [-0.3, -0.25) is 9.59 Å². The number of rotatable bonds is 10. The van der Waals surface area contributed by atoms with Crippen LogP contribution < -0.4 is 15.4 Å². The zero-order valence-corrected chi connectivity index (χ0v) is 19.7. The molecule has 0 aliphatic heterocycles. The predicted molar refractivity (Wildman–Crippen MR) is 131 cm³/mol. The molecule has 0 saturated heterocycles. The molecule has 166 valence electrons. The van der Waals surface area contributed by atoms with Crippen LogP contribution in [-0.4, -0.2) is 25.0 Å². The number of hydrogen-bond donors (Lipinski definition) is 2. The highest BCUT2D eigenvalue weighted by Gasteiger charge is 2.15. The first kappa shape index (κ1) is 23.5. The standard InChI is InChI=1S/C26H27BrN2O3/c1-2-3-16-28-26(31)21-11-7-8-12-23(21)29-25(30)20-13-14-24(22(27)18-20)32-17-15-19-9-5-4-6-10-19/h4-14,18H,2-3,15-17H2,1H3,(H,28,31)(H,29,30). The second-order valence-corrected chi connectivity index (χ2v) is 8.19. The molecule has 3 aromatic rings. The molecule has 0 atom stereocenters. The average molecular weight is 495 g/mol. The molecule has 0 aromatic heterocycles. The zero-order valence-electron chi connectivity index (χ0n) is 18.1. The molecule has 2 amide bonds. The first-order chi connectivity index (χ1) is 15.6. The van der Waals surface area contributed by atoms with Crippen LogP contribution in [0.1, 0.15) is 46.0 Å². The monoisotopic (exact) mass is 494 g/mol. The Hall–Kier alpha value is -3.12. The summed E-state index contributed by atoms with van der Waals surface area (Å²) in [5, 5.41) is 5.74. The number of carbonyl (C=O) groups is 2. The van der Waals surface area contributed by atoms with Gasteiger partial charge in [0.05, 0.1) is 22.3 Å². The molecule has 0 fully saturated rings. The first-order valence-corrected chi connectivity index (χ1v) is 11.5. The maximum Gasteiger partial charge on any atom is 0.255 e. The molecule has 0 saturated carbocycles. The van der Waals surface area contributed by atoms with E-state index in [0.29, 0.717) is 40.2 Å². The van der Waals surface area contributed by atoms with Gasteiger partial charge in [-0.2, -0.15) is 0 Å². The Balaban J connectivity index is 1.62. The fourth-order valence-electron chi connectivity index (χ4n) is 3.14. The Bertz CT molecular complexity index is 1050. The molecule has 0 aliphatic carbocycles. The number of ether oxygens (including phenoxy) is 1. The van der Waals surface area contributed by atoms with E-state index in [1.165, 1.54) is 5.56 Å². The Morgan fingerprint density at radius 1 is 0.938 bits per heavy atom. The Morgan fingerprint density at radius 3 is 2.44 bits per heavy atom. The smallest absolute Gasteiger partial charge is 0.255 e. The van der Waals surface area contributed by atoms with Crippen molar-refractivity contribution in [2.75, 3.05) is 18.5 Å². The van der Waals surface area contributed by atoms with Crippen molar-refractivity contribution in [3.05, 3.63) is 94.0 Å². The number of nitrogens with one attached hydrogen (secondary N) is 2. The van der Waals surface area contributed by atoms with Crippen molar-refractivity contribution >= 4 is 33.4 Å². The van der Waals surface area contributed by atoms with E-state index in [-0.39, 0.29) is 11.8 Å². The van der Waals surface area contributed by atoms with Gasteiger partial charge in [0.15, 0.2) is 0 Å². The van der Waals surface area contributed by atoms with Crippen LogP contribution in [0.4, 0.5) is 5.69 Å². The molecule has 2 N–H and O–H groups in total. The molecule has 0 unspecified atom stereocenters. The third-order valence-corrected chi connectivity index (χ3v) is 5.54. The molecule has 3 aromatic carbocycles. The number of carbonyl (C=O) groups excluding carboxylic acids is 2. The lowest BCUT2D eigenvalue weighted by atomic mass is 10.1. The maximum atomic E-state index is 12.8. The molecule has 0 heterocycles. The van der Waals surface area contributed by atoms with Crippen molar-refractivity contribution in [2.45, 2.75) is 26.2 Å². The summed E-state index contributed by atoms with van der Waals surface area (Å²) in [5.74, 6) is 0.182. The van der Waals surface area contributed by atoms with Gasteiger partial charge in [0.25, 0.3) is 11.8 Å². The highest BCUT2D eigenvalue weighted by Crippen LogP contribution is 2.27. The van der Waals surface area contributed by atoms with Gasteiger partial charge in [0, 0.05) is 18.5 Å². The largest absolute Gasteiger partial charge is 0.492 e. The average Bonchev–Trinajstić information content (AvgIpc) is 2.81. The lowest BCUT2D eigenvalue weighted by Crippen LogP contribution is -2.26. The lowest BCUT2D eigenvalue weighted by Gasteiger charge is -2.13. The summed E-state index contributed by atoms with van der Waals surface area (Å²) in [5.41, 5.74) is 2.59. The minimum Gasteiger partial charge on any atom is -0.492 e. The van der Waals surface area contributed by atoms with Gasteiger partial charge in [0.1, 0.15) is 5.75 Å². The molecule has 32 heavy (non-hydrogen) atoms. The van der Waals surface area contributed by atoms with Crippen LogP contribution in [0.2, 0.25) is 0 Å². The zero-order chi connectivity index (χ0) is 22.8. The highest BCUT2D eigenvalue weighted by molar-refractivity contribution is 9.10. The summed E-state index contributed by atoms with van der Waals surface area (Å²) in [4.78, 5) is 25.3. The second-order valence-electron chi connectivity index (χ2n) is 7.34. The van der Waals surface area contributed by atoms with Crippen LogP contribution in [0.15, 0.2) is 77.3 Å². The van der Waals surface area contributed by atoms with E-state index in [1.54, 1.807) is 42.5 Å². The van der Waals surface area contributed by atoms with Crippen LogP contribution in [0, 0.1) is 0 Å². The fraction of sp³-hybridized carbons (Fsp3) is 0.231. The molecule has 0 bridgehead atoms. The number of halogens is 1. The van der Waals surface area contributed by atoms with Crippen molar-refractivity contribution < 1.29 is 14.3 Å². The molecule has 0 radical (unpaired) electrons. The third kappa shape index (κ3) is 6.69. The molecule has 6 heteroatoms. The van der Waals surface area contributed by atoms with Crippen molar-refractivity contribution in [1.82, 2.24) is 5.32 Å². The minimum atomic E-state index is -0.296. The van der Waals surface area contributed by atoms with Crippen LogP contribution in [-0.2, 0) is 6.42 Å². The summed E-state index contributed by atoms with van der Waals surface area (Å²) < 4.78 is 6.56. The van der Waals surface area contributed by atoms with Crippen LogP contribution in [0.5, 0.6) is 5.75 Å². The highest BCUT2D eigenvalue weighted by atomic mass is 79.9. The first-order valence-electron chi connectivity index (χ1n) is 10.7. The molecular weight excluding hydrogens is 468 g/mol. The van der Waals surface area contributed by atoms with E-state index in [1.807, 2.05) is 18.2 Å². The van der Waals surface area contributed by atoms with Gasteiger partial charge in [-0.25, -0.2) is 0 Å². The van der Waals surface area contributed by atoms with Crippen LogP contribution in [0.3, 0.4) is 0 Å². The molecule has 5 nitrogen and oxygen atoms in total. The third-order valence-electron chi connectivity index (χ3n) is 4.92. The van der Waals surface area contributed by atoms with Crippen molar-refractivity contribution in [1.29, 1.82) is 0 Å². The summed E-state index contributed by atoms with van der Waals surface area (Å²) >= 11 is 3.49. The van der Waals surface area contributed by atoms with E-state index < -0.39 is 0 Å². The Kier molecular flexibility index (Phi) is 8.87. The SMILES string of the molecule is CCCCNC(=O)c1ccccc1NC(=O)c1ccc(OCCc2ccccc2)c(Br)c1. The maximum absolute atomic E-state index is 12.8. The number of amides is 2. The Morgan fingerprint density at radius 2 is 1.69 bits per heavy atom. The van der Waals surface area contributed by atoms with E-state index in [4.69, 9.17) is 4.74 Å². The van der Waals surface area contributed by atoms with Crippen molar-refractivity contribution in [2.24, 2.45) is 0 Å². The topological polar surface area (TPSA) is 67.4 Å². The van der Waals surface area contributed by atoms with Gasteiger partial charge in [0.2, 0.25) is 0 Å². The summed E-state index contributed by atoms with van der Waals surface area (Å²) in [6.07, 6.45) is 2.71. The van der Waals surface area contributed by atoms with Gasteiger partial charge in [-0.05, 0) is 58.2 Å². The van der Waals surface area contributed by atoms with Gasteiger partial charge >= 0.3 is 0 Å². The molecule has 3 rings (SSSR count). The van der Waals surface area contributed by atoms with Crippen molar-refractivity contribution in [3.63, 3.8) is 0 Å². The number of anilines is 1. The fourth-order valence-corrected chi connectivity index (χ4v) is 3.63. The van der Waals surface area contributed by atoms with Crippen LogP contribution in [0.25, 0.3) is 0 Å². The summed E-state index contributed by atoms with van der Waals surface area (Å²) in [7, 11) is 0. The number of unbranched alkanes of at least 4 members (excludes halogenated alkanes) is 1. The summed E-state index contributed by atoms with van der Waals surface area (Å²) in [6.45, 7) is 3.21. The number of benzene rings is 3. The van der Waals surface area contributed by atoms with Gasteiger partial charge in [-0.1, -0.05) is 55.8 Å². The van der Waals surface area contributed by atoms with Crippen molar-refractivity contribution in [3.8, 4) is 5.75 Å². The second kappa shape index (κ2) is 12.1. The molecule has 0 spiro atoms. The molecule has 0 aliphatic rings. The summed E-state index contributed by atoms with van der Waals surface area (Å²) in [6, 6.07) is 22.3.